The Morgan fingerprint density at radius 1 is 1.06 bits per heavy atom. The summed E-state index contributed by atoms with van der Waals surface area (Å²) in [6.07, 6.45) is 5.28. The lowest BCUT2D eigenvalue weighted by Gasteiger charge is -2.23. The molecular formula is C13H23N3O2. The number of hydrogen-bond donors (Lipinski definition) is 2. The van der Waals surface area contributed by atoms with Crippen LogP contribution >= 0.6 is 0 Å². The molecule has 102 valence electrons. The minimum absolute atomic E-state index is 0.193. The van der Waals surface area contributed by atoms with E-state index in [-0.39, 0.29) is 13.2 Å². The molecule has 0 bridgehead atoms. The highest BCUT2D eigenvalue weighted by atomic mass is 16.3. The van der Waals surface area contributed by atoms with Crippen molar-refractivity contribution in [3.63, 3.8) is 0 Å². The van der Waals surface area contributed by atoms with Crippen LogP contribution in [0, 0.1) is 0 Å². The quantitative estimate of drug-likeness (QED) is 0.673. The predicted octanol–water partition coefficient (Wildman–Crippen LogP) is 0.0549. The number of hydrogen-bond acceptors (Lipinski definition) is 5. The van der Waals surface area contributed by atoms with E-state index in [2.05, 4.69) is 20.9 Å². The van der Waals surface area contributed by atoms with E-state index in [1.807, 2.05) is 0 Å². The van der Waals surface area contributed by atoms with Crippen molar-refractivity contribution in [2.24, 2.45) is 4.99 Å². The molecule has 0 amide bonds. The molecule has 2 aliphatic rings. The number of aliphatic hydroxyl groups is 2. The summed E-state index contributed by atoms with van der Waals surface area (Å²) < 4.78 is 0. The third kappa shape index (κ3) is 3.23. The largest absolute Gasteiger partial charge is 0.395 e. The second-order valence-electron chi connectivity index (χ2n) is 4.70. The zero-order chi connectivity index (χ0) is 12.8. The van der Waals surface area contributed by atoms with Crippen molar-refractivity contribution in [3.8, 4) is 0 Å². The van der Waals surface area contributed by atoms with Crippen molar-refractivity contribution in [2.45, 2.75) is 19.3 Å². The van der Waals surface area contributed by atoms with Gasteiger partial charge in [0.15, 0.2) is 0 Å². The first kappa shape index (κ1) is 13.4. The lowest BCUT2D eigenvalue weighted by Crippen LogP contribution is -2.31. The molecule has 2 N–H and O–H groups in total. The van der Waals surface area contributed by atoms with Gasteiger partial charge in [0, 0.05) is 38.3 Å². The van der Waals surface area contributed by atoms with Crippen LogP contribution in [-0.4, -0.2) is 71.8 Å². The number of amidine groups is 1. The van der Waals surface area contributed by atoms with Gasteiger partial charge < -0.3 is 20.0 Å². The Morgan fingerprint density at radius 3 is 2.61 bits per heavy atom. The summed E-state index contributed by atoms with van der Waals surface area (Å²) in [5, 5.41) is 18.0. The highest BCUT2D eigenvalue weighted by Crippen LogP contribution is 2.20. The molecule has 0 aliphatic carbocycles. The summed E-state index contributed by atoms with van der Waals surface area (Å²) in [5.74, 6) is 1.13. The monoisotopic (exact) mass is 253 g/mol. The molecule has 0 unspecified atom stereocenters. The molecule has 5 nitrogen and oxygen atoms in total. The molecule has 2 rings (SSSR count). The van der Waals surface area contributed by atoms with Crippen LogP contribution in [0.25, 0.3) is 0 Å². The molecule has 0 fully saturated rings. The Labute approximate surface area is 108 Å². The lowest BCUT2D eigenvalue weighted by atomic mass is 10.2. The highest BCUT2D eigenvalue weighted by Gasteiger charge is 2.19. The van der Waals surface area contributed by atoms with E-state index in [0.29, 0.717) is 6.54 Å². The summed E-state index contributed by atoms with van der Waals surface area (Å²) in [6, 6.07) is 0. The van der Waals surface area contributed by atoms with E-state index in [0.717, 1.165) is 51.3 Å². The second kappa shape index (κ2) is 6.75. The Hall–Kier alpha value is -1.07. The molecule has 0 saturated heterocycles. The molecule has 5 heteroatoms. The molecule has 2 heterocycles. The summed E-state index contributed by atoms with van der Waals surface area (Å²) in [4.78, 5) is 8.93. The number of nitrogens with zero attached hydrogens (tertiary/aromatic N) is 3. The Bertz CT molecular complexity index is 296. The van der Waals surface area contributed by atoms with Gasteiger partial charge in [0.05, 0.1) is 25.6 Å². The van der Waals surface area contributed by atoms with Gasteiger partial charge in [0.25, 0.3) is 0 Å². The predicted molar refractivity (Wildman–Crippen MR) is 71.6 cm³/mol. The Kier molecular flexibility index (Phi) is 5.01. The summed E-state index contributed by atoms with van der Waals surface area (Å²) >= 11 is 0. The average Bonchev–Trinajstić information content (AvgIpc) is 2.97. The average molecular weight is 253 g/mol. The van der Waals surface area contributed by atoms with Gasteiger partial charge in [0.1, 0.15) is 0 Å². The van der Waals surface area contributed by atoms with E-state index in [9.17, 15) is 0 Å². The topological polar surface area (TPSA) is 59.3 Å². The fourth-order valence-corrected chi connectivity index (χ4v) is 2.66. The van der Waals surface area contributed by atoms with Gasteiger partial charge in [-0.25, -0.2) is 0 Å². The number of allylic oxidation sites excluding steroid dienone is 1. The molecule has 0 aromatic carbocycles. The normalized spacial score (nSPS) is 19.4. The molecule has 0 aromatic heterocycles. The maximum atomic E-state index is 9.01. The van der Waals surface area contributed by atoms with E-state index in [1.54, 1.807) is 0 Å². The van der Waals surface area contributed by atoms with Crippen LogP contribution in [-0.2, 0) is 0 Å². The fraction of sp³-hybridized carbons (Fsp3) is 0.769. The van der Waals surface area contributed by atoms with Crippen LogP contribution in [0.2, 0.25) is 0 Å². The van der Waals surface area contributed by atoms with Crippen LogP contribution in [0.5, 0.6) is 0 Å². The minimum atomic E-state index is 0.193. The van der Waals surface area contributed by atoms with Gasteiger partial charge >= 0.3 is 0 Å². The van der Waals surface area contributed by atoms with Gasteiger partial charge in [-0.1, -0.05) is 6.08 Å². The first-order valence-corrected chi connectivity index (χ1v) is 6.79. The molecule has 18 heavy (non-hydrogen) atoms. The molecule has 2 aliphatic heterocycles. The van der Waals surface area contributed by atoms with Crippen molar-refractivity contribution >= 4 is 5.84 Å². The Morgan fingerprint density at radius 2 is 1.83 bits per heavy atom. The van der Waals surface area contributed by atoms with Crippen LogP contribution < -0.4 is 0 Å². The number of β-amino-alcohol motifs (C(OH)–C–C–N with tert-alkyl or cyclic N) is 2. The summed E-state index contributed by atoms with van der Waals surface area (Å²) in [7, 11) is 0. The van der Waals surface area contributed by atoms with Crippen molar-refractivity contribution < 1.29 is 10.2 Å². The van der Waals surface area contributed by atoms with Gasteiger partial charge in [-0.05, 0) is 12.8 Å². The van der Waals surface area contributed by atoms with Gasteiger partial charge in [-0.3, -0.25) is 4.99 Å². The fourth-order valence-electron chi connectivity index (χ4n) is 2.66. The van der Waals surface area contributed by atoms with Gasteiger partial charge in [-0.15, -0.1) is 0 Å². The van der Waals surface area contributed by atoms with E-state index in [1.165, 1.54) is 5.70 Å². The molecule has 0 atom stereocenters. The highest BCUT2D eigenvalue weighted by molar-refractivity contribution is 5.83. The zero-order valence-corrected chi connectivity index (χ0v) is 10.9. The maximum Gasteiger partial charge on any atom is 0.0995 e. The summed E-state index contributed by atoms with van der Waals surface area (Å²) in [6.45, 7) is 4.66. The van der Waals surface area contributed by atoms with Crippen LogP contribution in [0.3, 0.4) is 0 Å². The summed E-state index contributed by atoms with van der Waals surface area (Å²) in [5.41, 5.74) is 1.34. The van der Waals surface area contributed by atoms with E-state index in [4.69, 9.17) is 10.2 Å². The molecule has 0 spiro atoms. The second-order valence-corrected chi connectivity index (χ2v) is 4.70. The maximum absolute atomic E-state index is 9.01. The van der Waals surface area contributed by atoms with Crippen LogP contribution in [0.15, 0.2) is 16.8 Å². The van der Waals surface area contributed by atoms with Crippen LogP contribution in [0.1, 0.15) is 19.3 Å². The third-order valence-electron chi connectivity index (χ3n) is 3.56. The van der Waals surface area contributed by atoms with Crippen LogP contribution in [0.4, 0.5) is 0 Å². The minimum Gasteiger partial charge on any atom is -0.395 e. The number of rotatable bonds is 7. The van der Waals surface area contributed by atoms with Crippen molar-refractivity contribution in [3.05, 3.63) is 11.8 Å². The van der Waals surface area contributed by atoms with Crippen molar-refractivity contribution in [1.29, 1.82) is 0 Å². The lowest BCUT2D eigenvalue weighted by molar-refractivity contribution is 0.232. The number of aliphatic imine (C=N–C) groups is 1. The molecule has 0 radical (unpaired) electrons. The zero-order valence-electron chi connectivity index (χ0n) is 10.9. The standard InChI is InChI=1S/C13H23N3O2/c17-10-8-15-6-1-2-12(15)3-4-13-14-5-7-16(13)9-11-18/h2,17-18H,1,3-11H2. The van der Waals surface area contributed by atoms with Crippen molar-refractivity contribution in [2.75, 3.05) is 45.9 Å². The molecule has 0 aromatic rings. The first-order chi connectivity index (χ1) is 8.85. The van der Waals surface area contributed by atoms with Gasteiger partial charge in [0.2, 0.25) is 0 Å². The van der Waals surface area contributed by atoms with E-state index < -0.39 is 0 Å². The number of aliphatic hydroxyl groups excluding tert-OH is 2. The smallest absolute Gasteiger partial charge is 0.0995 e. The molecular weight excluding hydrogens is 230 g/mol. The Balaban J connectivity index is 1.80. The molecule has 0 saturated carbocycles. The van der Waals surface area contributed by atoms with Gasteiger partial charge in [-0.2, -0.15) is 0 Å². The first-order valence-electron chi connectivity index (χ1n) is 6.79. The SMILES string of the molecule is OCCN1CCC=C1CCC1=NCCN1CCO. The van der Waals surface area contributed by atoms with Crippen molar-refractivity contribution in [1.82, 2.24) is 9.80 Å². The van der Waals surface area contributed by atoms with E-state index >= 15 is 0 Å². The third-order valence-corrected chi connectivity index (χ3v) is 3.56.